The first-order valence-electron chi connectivity index (χ1n) is 2.82. The first kappa shape index (κ1) is 6.80. The molecule has 1 aromatic rings. The highest BCUT2D eigenvalue weighted by atomic mass is 16.3. The fourth-order valence-electron chi connectivity index (χ4n) is 0.655. The second kappa shape index (κ2) is 2.13. The van der Waals surface area contributed by atoms with Crippen molar-refractivity contribution in [2.75, 3.05) is 0 Å². The summed E-state index contributed by atoms with van der Waals surface area (Å²) in [6, 6.07) is 0. The van der Waals surface area contributed by atoms with Gasteiger partial charge in [0.25, 0.3) is 0 Å². The van der Waals surface area contributed by atoms with E-state index in [1.807, 2.05) is 0 Å². The number of hydrogen-bond donors (Lipinski definition) is 0. The van der Waals surface area contributed by atoms with Gasteiger partial charge >= 0.3 is 5.69 Å². The third-order valence-electron chi connectivity index (χ3n) is 1.22. The van der Waals surface area contributed by atoms with Crippen molar-refractivity contribution in [2.45, 2.75) is 6.92 Å². The molecule has 0 radical (unpaired) electrons. The van der Waals surface area contributed by atoms with Crippen LogP contribution in [0.5, 0.6) is 5.88 Å². The molecule has 4 nitrogen and oxygen atoms in total. The third kappa shape index (κ3) is 1.00. The topological polar surface area (TPSA) is 58.0 Å². The molecule has 0 aliphatic carbocycles. The molecule has 0 aliphatic heterocycles. The van der Waals surface area contributed by atoms with Gasteiger partial charge in [-0.3, -0.25) is 0 Å². The molecule has 0 fully saturated rings. The molecule has 10 heavy (non-hydrogen) atoms. The summed E-state index contributed by atoms with van der Waals surface area (Å²) in [5, 5.41) is 10.7. The lowest BCUT2D eigenvalue weighted by molar-refractivity contribution is -0.276. The molecule has 1 aromatic heterocycles. The van der Waals surface area contributed by atoms with Crippen LogP contribution in [0.4, 0.5) is 0 Å². The Morgan fingerprint density at radius 2 is 2.30 bits per heavy atom. The molecule has 0 N–H and O–H groups in total. The predicted molar refractivity (Wildman–Crippen MR) is 33.7 cm³/mol. The average molecular weight is 139 g/mol. The van der Waals surface area contributed by atoms with E-state index in [-0.39, 0.29) is 0 Å². The zero-order valence-corrected chi connectivity index (χ0v) is 5.79. The quantitative estimate of drug-likeness (QED) is 0.471. The van der Waals surface area contributed by atoms with Gasteiger partial charge in [0.2, 0.25) is 0 Å². The molecule has 0 saturated heterocycles. The summed E-state index contributed by atoms with van der Waals surface area (Å²) in [7, 11) is 1.56. The molecule has 0 bridgehead atoms. The molecule has 0 amide bonds. The van der Waals surface area contributed by atoms with Crippen LogP contribution in [0.1, 0.15) is 5.56 Å². The molecule has 0 unspecified atom stereocenters. The Labute approximate surface area is 57.8 Å². The number of aryl methyl sites for hydroxylation is 2. The van der Waals surface area contributed by atoms with Crippen molar-refractivity contribution in [2.24, 2.45) is 7.05 Å². The largest absolute Gasteiger partial charge is 0.858 e. The Kier molecular flexibility index (Phi) is 1.45. The normalized spacial score (nSPS) is 9.80. The second-order valence-electron chi connectivity index (χ2n) is 2.12. The van der Waals surface area contributed by atoms with Gasteiger partial charge in [0.05, 0.1) is 0 Å². The van der Waals surface area contributed by atoms with Crippen molar-refractivity contribution in [1.82, 2.24) is 9.55 Å². The maximum absolute atomic E-state index is 10.7. The fraction of sp³-hybridized carbons (Fsp3) is 0.333. The minimum atomic E-state index is -0.504. The lowest BCUT2D eigenvalue weighted by Crippen LogP contribution is -2.21. The smallest absolute Gasteiger partial charge is 0.346 e. The van der Waals surface area contributed by atoms with Gasteiger partial charge in [-0.2, -0.15) is 0 Å². The third-order valence-corrected chi connectivity index (χ3v) is 1.22. The van der Waals surface area contributed by atoms with E-state index in [1.54, 1.807) is 14.0 Å². The van der Waals surface area contributed by atoms with Crippen LogP contribution in [0.3, 0.4) is 0 Å². The summed E-state index contributed by atoms with van der Waals surface area (Å²) in [6.45, 7) is 1.62. The monoisotopic (exact) mass is 139 g/mol. The van der Waals surface area contributed by atoms with Crippen LogP contribution in [0.15, 0.2) is 11.0 Å². The Balaban J connectivity index is 3.43. The highest BCUT2D eigenvalue weighted by molar-refractivity contribution is 5.16. The molecule has 54 valence electrons. The Morgan fingerprint density at radius 1 is 1.70 bits per heavy atom. The van der Waals surface area contributed by atoms with Crippen LogP contribution in [0.2, 0.25) is 0 Å². The standard InChI is InChI=1S/C6H8N2O2/c1-4-3-8(2)6(10)7-5(4)9/h3H,1-2H3,(H,7,9,10)/p-1. The van der Waals surface area contributed by atoms with Gasteiger partial charge < -0.3 is 9.67 Å². The molecule has 4 heteroatoms. The summed E-state index contributed by atoms with van der Waals surface area (Å²) in [6.07, 6.45) is 1.47. The summed E-state index contributed by atoms with van der Waals surface area (Å²) in [5.41, 5.74) is -0.0160. The van der Waals surface area contributed by atoms with Gasteiger partial charge in [0, 0.05) is 13.2 Å². The van der Waals surface area contributed by atoms with E-state index in [4.69, 9.17) is 0 Å². The van der Waals surface area contributed by atoms with Gasteiger partial charge in [-0.25, -0.2) is 9.78 Å². The van der Waals surface area contributed by atoms with Crippen molar-refractivity contribution >= 4 is 0 Å². The molecular weight excluding hydrogens is 132 g/mol. The lowest BCUT2D eigenvalue weighted by atomic mass is 10.4. The molecule has 0 aliphatic rings. The fourth-order valence-corrected chi connectivity index (χ4v) is 0.655. The number of nitrogens with zero attached hydrogens (tertiary/aromatic N) is 2. The van der Waals surface area contributed by atoms with Crippen LogP contribution in [-0.2, 0) is 7.05 Å². The van der Waals surface area contributed by atoms with Gasteiger partial charge in [-0.05, 0) is 18.4 Å². The molecular formula is C6H7N2O2-. The predicted octanol–water partition coefficient (Wildman–Crippen LogP) is -0.838. The minimum absolute atomic E-state index is 0.442. The molecule has 1 rings (SSSR count). The van der Waals surface area contributed by atoms with E-state index in [0.717, 1.165) is 0 Å². The first-order valence-corrected chi connectivity index (χ1v) is 2.82. The maximum Gasteiger partial charge on any atom is 0.346 e. The van der Waals surface area contributed by atoms with E-state index in [1.165, 1.54) is 10.8 Å². The molecule has 1 heterocycles. The molecule has 0 spiro atoms. The number of rotatable bonds is 0. The Bertz CT molecular complexity index is 303. The van der Waals surface area contributed by atoms with Crippen molar-refractivity contribution in [3.63, 3.8) is 0 Å². The van der Waals surface area contributed by atoms with E-state index >= 15 is 0 Å². The van der Waals surface area contributed by atoms with Crippen molar-refractivity contribution in [3.8, 4) is 5.88 Å². The molecule has 0 atom stereocenters. The Morgan fingerprint density at radius 3 is 2.80 bits per heavy atom. The van der Waals surface area contributed by atoms with Crippen LogP contribution in [0.25, 0.3) is 0 Å². The highest BCUT2D eigenvalue weighted by Crippen LogP contribution is 2.01. The average Bonchev–Trinajstić information content (AvgIpc) is 1.84. The van der Waals surface area contributed by atoms with Crippen molar-refractivity contribution in [3.05, 3.63) is 22.2 Å². The van der Waals surface area contributed by atoms with E-state index in [0.29, 0.717) is 5.56 Å². The highest BCUT2D eigenvalue weighted by Gasteiger charge is 1.91. The summed E-state index contributed by atoms with van der Waals surface area (Å²) in [5.74, 6) is -0.442. The molecule has 0 aromatic carbocycles. The van der Waals surface area contributed by atoms with Crippen molar-refractivity contribution < 1.29 is 5.11 Å². The second-order valence-corrected chi connectivity index (χ2v) is 2.12. The number of aromatic nitrogens is 2. The van der Waals surface area contributed by atoms with Crippen LogP contribution >= 0.6 is 0 Å². The lowest BCUT2D eigenvalue weighted by Gasteiger charge is -2.07. The summed E-state index contributed by atoms with van der Waals surface area (Å²) >= 11 is 0. The van der Waals surface area contributed by atoms with Crippen LogP contribution in [-0.4, -0.2) is 9.55 Å². The summed E-state index contributed by atoms with van der Waals surface area (Å²) < 4.78 is 1.27. The van der Waals surface area contributed by atoms with E-state index in [9.17, 15) is 9.90 Å². The maximum atomic E-state index is 10.7. The first-order chi connectivity index (χ1) is 4.61. The van der Waals surface area contributed by atoms with Crippen LogP contribution in [0, 0.1) is 6.92 Å². The van der Waals surface area contributed by atoms with E-state index < -0.39 is 11.6 Å². The Hall–Kier alpha value is -1.32. The van der Waals surface area contributed by atoms with Gasteiger partial charge in [-0.1, -0.05) is 0 Å². The SMILES string of the molecule is Cc1cn(C)c(=O)nc1[O-]. The minimum Gasteiger partial charge on any atom is -0.858 e. The van der Waals surface area contributed by atoms with Crippen LogP contribution < -0.4 is 10.8 Å². The zero-order valence-electron chi connectivity index (χ0n) is 5.79. The number of hydrogen-bond acceptors (Lipinski definition) is 3. The van der Waals surface area contributed by atoms with Gasteiger partial charge in [0.15, 0.2) is 0 Å². The van der Waals surface area contributed by atoms with E-state index in [2.05, 4.69) is 4.98 Å². The van der Waals surface area contributed by atoms with Gasteiger partial charge in [0.1, 0.15) is 0 Å². The van der Waals surface area contributed by atoms with Gasteiger partial charge in [-0.15, -0.1) is 0 Å². The van der Waals surface area contributed by atoms with Crippen molar-refractivity contribution in [1.29, 1.82) is 0 Å². The summed E-state index contributed by atoms with van der Waals surface area (Å²) in [4.78, 5) is 13.9. The molecule has 0 saturated carbocycles. The zero-order chi connectivity index (χ0) is 7.72.